The van der Waals surface area contributed by atoms with Crippen LogP contribution in [0.15, 0.2) is 0 Å². The average molecular weight is 154 g/mol. The molecule has 54 valence electrons. The Hall–Kier alpha value is -0.620. The summed E-state index contributed by atoms with van der Waals surface area (Å²) in [6.07, 6.45) is 3.37. The number of piperidine rings is 1. The Morgan fingerprint density at radius 1 is 1.60 bits per heavy atom. The van der Waals surface area contributed by atoms with E-state index in [0.717, 1.165) is 18.0 Å². The van der Waals surface area contributed by atoms with Crippen LogP contribution in [0.3, 0.4) is 0 Å². The Bertz CT molecular complexity index is 171. The molecule has 1 aliphatic heterocycles. The van der Waals surface area contributed by atoms with Gasteiger partial charge in [-0.1, -0.05) is 12.2 Å². The molecule has 3 heteroatoms. The maximum Gasteiger partial charge on any atom is 0.106 e. The van der Waals surface area contributed by atoms with Crippen molar-refractivity contribution in [1.29, 1.82) is 5.26 Å². The van der Waals surface area contributed by atoms with Gasteiger partial charge in [0.1, 0.15) is 6.54 Å². The van der Waals surface area contributed by atoms with Gasteiger partial charge in [0.25, 0.3) is 0 Å². The zero-order valence-electron chi connectivity index (χ0n) is 5.84. The normalized spacial score (nSPS) is 18.7. The van der Waals surface area contributed by atoms with Gasteiger partial charge in [-0.25, -0.2) is 0 Å². The third-order valence-corrected chi connectivity index (χ3v) is 2.15. The number of thiocarbonyl (C=S) groups is 1. The van der Waals surface area contributed by atoms with Crippen LogP contribution in [0.5, 0.6) is 0 Å². The van der Waals surface area contributed by atoms with Crippen LogP contribution < -0.4 is 0 Å². The summed E-state index contributed by atoms with van der Waals surface area (Å²) in [4.78, 5) is 2.95. The lowest BCUT2D eigenvalue weighted by molar-refractivity contribution is 0.415. The van der Waals surface area contributed by atoms with E-state index in [1.807, 2.05) is 4.90 Å². The van der Waals surface area contributed by atoms with Crippen LogP contribution in [0.1, 0.15) is 19.3 Å². The molecule has 2 nitrogen and oxygen atoms in total. The Kier molecular flexibility index (Phi) is 2.64. The number of nitrogens with zero attached hydrogens (tertiary/aromatic N) is 2. The topological polar surface area (TPSA) is 27.0 Å². The molecule has 0 bridgehead atoms. The van der Waals surface area contributed by atoms with Crippen molar-refractivity contribution in [2.45, 2.75) is 19.3 Å². The molecule has 10 heavy (non-hydrogen) atoms. The molecule has 1 heterocycles. The highest BCUT2D eigenvalue weighted by Gasteiger charge is 2.12. The lowest BCUT2D eigenvalue weighted by Gasteiger charge is -2.26. The summed E-state index contributed by atoms with van der Waals surface area (Å²) < 4.78 is 0. The highest BCUT2D eigenvalue weighted by Crippen LogP contribution is 2.10. The fraction of sp³-hybridized carbons (Fsp3) is 0.714. The standard InChI is InChI=1S/C7H10N2S/c8-4-6-9-5-2-1-3-7(9)10/h1-3,5-6H2. The van der Waals surface area contributed by atoms with Gasteiger partial charge >= 0.3 is 0 Å². The van der Waals surface area contributed by atoms with Crippen molar-refractivity contribution < 1.29 is 0 Å². The highest BCUT2D eigenvalue weighted by molar-refractivity contribution is 7.80. The number of hydrogen-bond acceptors (Lipinski definition) is 2. The second-order valence-corrected chi connectivity index (χ2v) is 2.90. The zero-order chi connectivity index (χ0) is 7.40. The van der Waals surface area contributed by atoms with E-state index in [9.17, 15) is 0 Å². The predicted octanol–water partition coefficient (Wildman–Crippen LogP) is 1.32. The third kappa shape index (κ3) is 1.68. The van der Waals surface area contributed by atoms with E-state index < -0.39 is 0 Å². The molecule has 0 aromatic carbocycles. The zero-order valence-corrected chi connectivity index (χ0v) is 6.65. The smallest absolute Gasteiger partial charge is 0.106 e. The summed E-state index contributed by atoms with van der Waals surface area (Å²) in [5.41, 5.74) is 0. The van der Waals surface area contributed by atoms with Crippen molar-refractivity contribution in [2.24, 2.45) is 0 Å². The maximum absolute atomic E-state index is 8.38. The van der Waals surface area contributed by atoms with Crippen molar-refractivity contribution >= 4 is 17.2 Å². The predicted molar refractivity (Wildman–Crippen MR) is 43.6 cm³/mol. The molecule has 0 saturated carbocycles. The van der Waals surface area contributed by atoms with Crippen molar-refractivity contribution in [3.8, 4) is 6.07 Å². The molecule has 0 aliphatic carbocycles. The second kappa shape index (κ2) is 3.52. The van der Waals surface area contributed by atoms with Gasteiger partial charge in [0, 0.05) is 6.54 Å². The van der Waals surface area contributed by atoms with Crippen LogP contribution in [0.2, 0.25) is 0 Å². The van der Waals surface area contributed by atoms with Crippen LogP contribution in [0, 0.1) is 11.3 Å². The summed E-state index contributed by atoms with van der Waals surface area (Å²) in [5, 5.41) is 8.38. The first-order chi connectivity index (χ1) is 4.84. The summed E-state index contributed by atoms with van der Waals surface area (Å²) in [6.45, 7) is 1.45. The van der Waals surface area contributed by atoms with Crippen molar-refractivity contribution in [2.75, 3.05) is 13.1 Å². The van der Waals surface area contributed by atoms with Crippen molar-refractivity contribution in [3.63, 3.8) is 0 Å². The van der Waals surface area contributed by atoms with Gasteiger partial charge < -0.3 is 4.90 Å². The molecular weight excluding hydrogens is 144 g/mol. The molecule has 1 saturated heterocycles. The van der Waals surface area contributed by atoms with E-state index in [-0.39, 0.29) is 0 Å². The van der Waals surface area contributed by atoms with Gasteiger partial charge in [-0.2, -0.15) is 5.26 Å². The minimum Gasteiger partial charge on any atom is -0.353 e. The molecule has 0 aromatic heterocycles. The van der Waals surface area contributed by atoms with Gasteiger partial charge in [-0.05, 0) is 19.3 Å². The Balaban J connectivity index is 2.42. The average Bonchev–Trinajstić information content (AvgIpc) is 1.94. The fourth-order valence-electron chi connectivity index (χ4n) is 1.11. The van der Waals surface area contributed by atoms with Crippen LogP contribution in [0.4, 0.5) is 0 Å². The van der Waals surface area contributed by atoms with Gasteiger partial charge in [-0.15, -0.1) is 0 Å². The van der Waals surface area contributed by atoms with E-state index in [1.165, 1.54) is 12.8 Å². The first-order valence-electron chi connectivity index (χ1n) is 3.49. The summed E-state index contributed by atoms with van der Waals surface area (Å²) >= 11 is 5.07. The molecule has 0 radical (unpaired) electrons. The second-order valence-electron chi connectivity index (χ2n) is 2.43. The summed E-state index contributed by atoms with van der Waals surface area (Å²) in [5.74, 6) is 0. The van der Waals surface area contributed by atoms with E-state index in [4.69, 9.17) is 17.5 Å². The van der Waals surface area contributed by atoms with Gasteiger partial charge in [0.2, 0.25) is 0 Å². The molecule has 0 amide bonds. The number of nitriles is 1. The minimum atomic E-state index is 0.471. The summed E-state index contributed by atoms with van der Waals surface area (Å²) in [6, 6.07) is 2.11. The van der Waals surface area contributed by atoms with E-state index in [0.29, 0.717) is 6.54 Å². The van der Waals surface area contributed by atoms with E-state index in [1.54, 1.807) is 0 Å². The van der Waals surface area contributed by atoms with Crippen LogP contribution in [-0.2, 0) is 0 Å². The largest absolute Gasteiger partial charge is 0.353 e. The molecule has 0 unspecified atom stereocenters. The van der Waals surface area contributed by atoms with E-state index in [2.05, 4.69) is 6.07 Å². The lowest BCUT2D eigenvalue weighted by atomic mass is 10.1. The molecule has 1 fully saturated rings. The monoisotopic (exact) mass is 154 g/mol. The SMILES string of the molecule is N#CCN1CCCCC1=S. The van der Waals surface area contributed by atoms with Crippen LogP contribution >= 0.6 is 12.2 Å². The molecule has 0 aromatic rings. The van der Waals surface area contributed by atoms with Crippen LogP contribution in [-0.4, -0.2) is 23.0 Å². The molecule has 0 spiro atoms. The fourth-order valence-corrected chi connectivity index (χ4v) is 1.41. The van der Waals surface area contributed by atoms with Crippen molar-refractivity contribution in [3.05, 3.63) is 0 Å². The number of hydrogen-bond donors (Lipinski definition) is 0. The maximum atomic E-state index is 8.38. The number of rotatable bonds is 1. The Morgan fingerprint density at radius 2 is 2.40 bits per heavy atom. The first-order valence-corrected chi connectivity index (χ1v) is 3.90. The van der Waals surface area contributed by atoms with Gasteiger partial charge in [-0.3, -0.25) is 0 Å². The van der Waals surface area contributed by atoms with Crippen LogP contribution in [0.25, 0.3) is 0 Å². The minimum absolute atomic E-state index is 0.471. The van der Waals surface area contributed by atoms with Crippen molar-refractivity contribution in [1.82, 2.24) is 4.90 Å². The van der Waals surface area contributed by atoms with E-state index >= 15 is 0 Å². The third-order valence-electron chi connectivity index (χ3n) is 1.68. The Labute approximate surface area is 66.4 Å². The molecule has 0 atom stereocenters. The van der Waals surface area contributed by atoms with Gasteiger partial charge in [0.15, 0.2) is 0 Å². The molecule has 1 rings (SSSR count). The Morgan fingerprint density at radius 3 is 3.00 bits per heavy atom. The highest BCUT2D eigenvalue weighted by atomic mass is 32.1. The molecule has 1 aliphatic rings. The number of likely N-dealkylation sites (tertiary alicyclic amines) is 1. The quantitative estimate of drug-likeness (QED) is 0.421. The first kappa shape index (κ1) is 7.49. The summed E-state index contributed by atoms with van der Waals surface area (Å²) in [7, 11) is 0. The molecular formula is C7H10N2S. The van der Waals surface area contributed by atoms with Gasteiger partial charge in [0.05, 0.1) is 11.1 Å². The molecule has 0 N–H and O–H groups in total. The lowest BCUT2D eigenvalue weighted by Crippen LogP contribution is -2.34.